The second-order valence-electron chi connectivity index (χ2n) is 7.23. The van der Waals surface area contributed by atoms with Gasteiger partial charge < -0.3 is 10.1 Å². The fourth-order valence-corrected chi connectivity index (χ4v) is 5.01. The smallest absolute Gasteiger partial charge is 0.310 e. The number of ether oxygens (including phenoxy) is 1. The van der Waals surface area contributed by atoms with E-state index in [1.165, 1.54) is 5.56 Å². The number of carbonyl (C=O) groups excluding carboxylic acids is 2. The number of carbonyl (C=O) groups is 2. The van der Waals surface area contributed by atoms with Gasteiger partial charge in [-0.25, -0.2) is 0 Å². The lowest BCUT2D eigenvalue weighted by Crippen LogP contribution is -2.40. The predicted octanol–water partition coefficient (Wildman–Crippen LogP) is 3.16. The quantitative estimate of drug-likeness (QED) is 0.683. The molecule has 1 aromatic carbocycles. The third-order valence-electron chi connectivity index (χ3n) is 5.67. The van der Waals surface area contributed by atoms with E-state index in [1.54, 1.807) is 0 Å². The number of fused-ring (bicyclic) bond motifs is 1. The van der Waals surface area contributed by atoms with E-state index in [9.17, 15) is 9.59 Å². The number of benzene rings is 1. The Balaban J connectivity index is 1.52. The highest BCUT2D eigenvalue weighted by Gasteiger charge is 2.67. The van der Waals surface area contributed by atoms with Crippen molar-refractivity contribution in [3.8, 4) is 0 Å². The van der Waals surface area contributed by atoms with Crippen LogP contribution in [0.25, 0.3) is 0 Å². The third kappa shape index (κ3) is 2.18. The van der Waals surface area contributed by atoms with Crippen molar-refractivity contribution in [3.05, 3.63) is 29.8 Å². The zero-order valence-electron chi connectivity index (χ0n) is 13.2. The molecule has 2 saturated carbocycles. The van der Waals surface area contributed by atoms with Crippen molar-refractivity contribution in [2.24, 2.45) is 23.7 Å². The zero-order valence-corrected chi connectivity index (χ0v) is 13.9. The first-order chi connectivity index (χ1) is 11.0. The highest BCUT2D eigenvalue weighted by Crippen LogP contribution is 2.59. The highest BCUT2D eigenvalue weighted by molar-refractivity contribution is 6.22. The standard InChI is InChI=1S/C18H20ClNO3/c1-8(2)9-3-5-10(6-4-9)20-17(21)13-11-7-12-14(13)18(22)23-16(12)15(11)19/h3-6,8,11-16H,7H2,1-2H3,(H,20,21)/t11-,12+,13-,14+,15?,16-/m0/s1. The summed E-state index contributed by atoms with van der Waals surface area (Å²) in [6.45, 7) is 4.26. The summed E-state index contributed by atoms with van der Waals surface area (Å²) in [5.74, 6) is -0.420. The Morgan fingerprint density at radius 2 is 1.96 bits per heavy atom. The minimum Gasteiger partial charge on any atom is -0.460 e. The number of esters is 1. The maximum absolute atomic E-state index is 12.7. The van der Waals surface area contributed by atoms with Gasteiger partial charge in [0.2, 0.25) is 5.91 Å². The molecule has 1 saturated heterocycles. The molecule has 1 aromatic rings. The largest absolute Gasteiger partial charge is 0.460 e. The molecule has 1 aliphatic heterocycles. The average molecular weight is 334 g/mol. The van der Waals surface area contributed by atoms with E-state index < -0.39 is 0 Å². The molecule has 1 N–H and O–H groups in total. The first-order valence-electron chi connectivity index (χ1n) is 8.22. The lowest BCUT2D eigenvalue weighted by Gasteiger charge is -2.27. The van der Waals surface area contributed by atoms with Crippen molar-refractivity contribution in [3.63, 3.8) is 0 Å². The molecule has 0 radical (unpaired) electrons. The van der Waals surface area contributed by atoms with Crippen LogP contribution in [-0.2, 0) is 14.3 Å². The fourth-order valence-electron chi connectivity index (χ4n) is 4.51. The lowest BCUT2D eigenvalue weighted by atomic mass is 9.79. The summed E-state index contributed by atoms with van der Waals surface area (Å²) in [5.41, 5.74) is 1.99. The van der Waals surface area contributed by atoms with Gasteiger partial charge in [-0.2, -0.15) is 0 Å². The molecule has 4 rings (SSSR count). The van der Waals surface area contributed by atoms with Crippen LogP contribution < -0.4 is 5.32 Å². The van der Waals surface area contributed by atoms with Gasteiger partial charge in [0.15, 0.2) is 0 Å². The molecular formula is C18H20ClNO3. The van der Waals surface area contributed by atoms with Gasteiger partial charge in [-0.1, -0.05) is 26.0 Å². The Hall–Kier alpha value is -1.55. The molecule has 122 valence electrons. The normalized spacial score (nSPS) is 37.3. The Labute approximate surface area is 140 Å². The SMILES string of the molecule is CC(C)c1ccc(NC(=O)[C@@H]2[C@@H]3C(=O)O[C@@H]4C(Cl)[C@H]2C[C@H]34)cc1. The molecular weight excluding hydrogens is 314 g/mol. The van der Waals surface area contributed by atoms with Crippen molar-refractivity contribution in [1.82, 2.24) is 0 Å². The highest BCUT2D eigenvalue weighted by atomic mass is 35.5. The minimum absolute atomic E-state index is 0.0399. The Kier molecular flexibility index (Phi) is 3.41. The van der Waals surface area contributed by atoms with Gasteiger partial charge in [0.05, 0.1) is 17.2 Å². The molecule has 5 heteroatoms. The summed E-state index contributed by atoms with van der Waals surface area (Å²) in [7, 11) is 0. The number of halogens is 1. The van der Waals surface area contributed by atoms with E-state index >= 15 is 0 Å². The summed E-state index contributed by atoms with van der Waals surface area (Å²) in [6, 6.07) is 7.86. The van der Waals surface area contributed by atoms with Gasteiger partial charge >= 0.3 is 5.97 Å². The van der Waals surface area contributed by atoms with Gasteiger partial charge in [0, 0.05) is 11.6 Å². The van der Waals surface area contributed by atoms with Crippen LogP contribution in [0.1, 0.15) is 31.7 Å². The molecule has 2 bridgehead atoms. The second-order valence-corrected chi connectivity index (χ2v) is 7.73. The van der Waals surface area contributed by atoms with Gasteiger partial charge in [-0.15, -0.1) is 11.6 Å². The van der Waals surface area contributed by atoms with Crippen LogP contribution in [0.15, 0.2) is 24.3 Å². The number of amides is 1. The van der Waals surface area contributed by atoms with Crippen molar-refractivity contribution < 1.29 is 14.3 Å². The van der Waals surface area contributed by atoms with Crippen LogP contribution in [0.5, 0.6) is 0 Å². The van der Waals surface area contributed by atoms with Crippen LogP contribution in [0.2, 0.25) is 0 Å². The molecule has 4 nitrogen and oxygen atoms in total. The van der Waals surface area contributed by atoms with E-state index in [-0.39, 0.29) is 47.0 Å². The number of alkyl halides is 1. The zero-order chi connectivity index (χ0) is 16.3. The van der Waals surface area contributed by atoms with Gasteiger partial charge in [0.1, 0.15) is 6.10 Å². The summed E-state index contributed by atoms with van der Waals surface area (Å²) in [4.78, 5) is 24.8. The molecule has 3 fully saturated rings. The van der Waals surface area contributed by atoms with Crippen molar-refractivity contribution in [2.45, 2.75) is 37.7 Å². The summed E-state index contributed by atoms with van der Waals surface area (Å²) >= 11 is 6.41. The van der Waals surface area contributed by atoms with Crippen LogP contribution >= 0.6 is 11.6 Å². The number of nitrogens with one attached hydrogen (secondary N) is 1. The first-order valence-corrected chi connectivity index (χ1v) is 8.66. The number of rotatable bonds is 3. The molecule has 1 heterocycles. The van der Waals surface area contributed by atoms with E-state index in [4.69, 9.17) is 16.3 Å². The summed E-state index contributed by atoms with van der Waals surface area (Å²) in [5, 5.41) is 2.72. The minimum atomic E-state index is -0.362. The summed E-state index contributed by atoms with van der Waals surface area (Å²) < 4.78 is 5.37. The Morgan fingerprint density at radius 1 is 1.26 bits per heavy atom. The van der Waals surface area contributed by atoms with E-state index in [0.29, 0.717) is 5.92 Å². The van der Waals surface area contributed by atoms with Crippen molar-refractivity contribution >= 4 is 29.2 Å². The molecule has 0 aromatic heterocycles. The number of anilines is 1. The Bertz CT molecular complexity index is 657. The number of hydrogen-bond donors (Lipinski definition) is 1. The topological polar surface area (TPSA) is 55.4 Å². The average Bonchev–Trinajstić information content (AvgIpc) is 3.12. The van der Waals surface area contributed by atoms with Crippen LogP contribution in [0, 0.1) is 23.7 Å². The Morgan fingerprint density at radius 3 is 2.61 bits per heavy atom. The van der Waals surface area contributed by atoms with E-state index in [0.717, 1.165) is 12.1 Å². The molecule has 1 unspecified atom stereocenters. The van der Waals surface area contributed by atoms with E-state index in [1.807, 2.05) is 24.3 Å². The van der Waals surface area contributed by atoms with Crippen molar-refractivity contribution in [2.75, 3.05) is 5.32 Å². The van der Waals surface area contributed by atoms with Crippen LogP contribution in [-0.4, -0.2) is 23.4 Å². The molecule has 3 aliphatic rings. The van der Waals surface area contributed by atoms with Crippen LogP contribution in [0.3, 0.4) is 0 Å². The maximum atomic E-state index is 12.7. The monoisotopic (exact) mass is 333 g/mol. The molecule has 23 heavy (non-hydrogen) atoms. The predicted molar refractivity (Wildman–Crippen MR) is 87.3 cm³/mol. The first kappa shape index (κ1) is 15.0. The van der Waals surface area contributed by atoms with Gasteiger partial charge in [0.25, 0.3) is 0 Å². The third-order valence-corrected chi connectivity index (χ3v) is 6.24. The number of hydrogen-bond acceptors (Lipinski definition) is 3. The lowest BCUT2D eigenvalue weighted by molar-refractivity contribution is -0.145. The van der Waals surface area contributed by atoms with Gasteiger partial charge in [-0.05, 0) is 36.0 Å². The maximum Gasteiger partial charge on any atom is 0.310 e. The molecule has 0 spiro atoms. The summed E-state index contributed by atoms with van der Waals surface area (Å²) in [6.07, 6.45) is 0.633. The molecule has 2 aliphatic carbocycles. The second kappa shape index (κ2) is 5.23. The molecule has 6 atom stereocenters. The van der Waals surface area contributed by atoms with Crippen molar-refractivity contribution in [1.29, 1.82) is 0 Å². The molecule has 1 amide bonds. The van der Waals surface area contributed by atoms with E-state index in [2.05, 4.69) is 19.2 Å². The fraction of sp³-hybridized carbons (Fsp3) is 0.556. The van der Waals surface area contributed by atoms with Gasteiger partial charge in [-0.3, -0.25) is 9.59 Å². The van der Waals surface area contributed by atoms with Crippen LogP contribution in [0.4, 0.5) is 5.69 Å².